The predicted molar refractivity (Wildman–Crippen MR) is 41.3 cm³/mol. The van der Waals surface area contributed by atoms with E-state index in [9.17, 15) is 0 Å². The third kappa shape index (κ3) is 1.88. The first-order chi connectivity index (χ1) is 4.43. The summed E-state index contributed by atoms with van der Waals surface area (Å²) >= 11 is 0. The summed E-state index contributed by atoms with van der Waals surface area (Å²) in [5.74, 6) is 0. The third-order valence-electron chi connectivity index (χ3n) is 1.36. The minimum atomic E-state index is 1.20. The van der Waals surface area contributed by atoms with Crippen molar-refractivity contribution in [3.8, 4) is 0 Å². The molecule has 1 rings (SSSR count). The van der Waals surface area contributed by atoms with Crippen molar-refractivity contribution in [2.75, 3.05) is 0 Å². The fraction of sp³-hybridized carbons (Fsp3) is 0.333. The molecule has 0 fully saturated rings. The molecule has 1 aliphatic carbocycles. The van der Waals surface area contributed by atoms with Crippen LogP contribution < -0.4 is 0 Å². The lowest BCUT2D eigenvalue weighted by atomic mass is 10.2. The van der Waals surface area contributed by atoms with Gasteiger partial charge >= 0.3 is 0 Å². The second kappa shape index (κ2) is 3.29. The Morgan fingerprint density at radius 2 is 2.00 bits per heavy atom. The van der Waals surface area contributed by atoms with Gasteiger partial charge in [0.2, 0.25) is 0 Å². The van der Waals surface area contributed by atoms with Gasteiger partial charge in [-0.3, -0.25) is 0 Å². The van der Waals surface area contributed by atoms with E-state index in [2.05, 4.69) is 37.3 Å². The maximum atomic E-state index is 2.26. The molecule has 0 aromatic heterocycles. The Kier molecular flexibility index (Phi) is 2.32. The Labute approximate surface area is 56.6 Å². The van der Waals surface area contributed by atoms with Crippen LogP contribution >= 0.6 is 0 Å². The number of unbranched alkanes of at least 4 members (excludes halogenated alkanes) is 1. The largest absolute Gasteiger partial charge is 0.0773 e. The molecule has 0 aromatic rings. The fourth-order valence-electron chi connectivity index (χ4n) is 0.836. The van der Waals surface area contributed by atoms with Crippen molar-refractivity contribution >= 4 is 0 Å². The van der Waals surface area contributed by atoms with Crippen LogP contribution in [-0.4, -0.2) is 0 Å². The molecule has 1 aliphatic rings. The smallest absolute Gasteiger partial charge is 0.0297 e. The summed E-state index contributed by atoms with van der Waals surface area (Å²) in [5.41, 5.74) is 1.36. The maximum absolute atomic E-state index is 2.26. The molecule has 0 saturated heterocycles. The standard InChI is InChI=1S/C9H12/c1-2-3-6-9-7-4-5-8-9/h4-8H,2-3H2,1H3. The Morgan fingerprint density at radius 3 is 2.56 bits per heavy atom. The molecule has 0 unspecified atom stereocenters. The van der Waals surface area contributed by atoms with Crippen molar-refractivity contribution in [1.82, 2.24) is 0 Å². The first-order valence-electron chi connectivity index (χ1n) is 3.48. The summed E-state index contributed by atoms with van der Waals surface area (Å²) in [6.45, 7) is 2.19. The van der Waals surface area contributed by atoms with Crippen molar-refractivity contribution in [3.63, 3.8) is 0 Å². The van der Waals surface area contributed by atoms with Gasteiger partial charge in [-0.1, -0.05) is 43.7 Å². The quantitative estimate of drug-likeness (QED) is 0.525. The van der Waals surface area contributed by atoms with Crippen LogP contribution in [0.15, 0.2) is 36.0 Å². The number of hydrogen-bond acceptors (Lipinski definition) is 0. The van der Waals surface area contributed by atoms with E-state index in [4.69, 9.17) is 0 Å². The molecule has 0 spiro atoms. The summed E-state index contributed by atoms with van der Waals surface area (Å²) < 4.78 is 0. The summed E-state index contributed by atoms with van der Waals surface area (Å²) in [6.07, 6.45) is 13.1. The number of hydrogen-bond donors (Lipinski definition) is 0. The highest BCUT2D eigenvalue weighted by Crippen LogP contribution is 2.08. The van der Waals surface area contributed by atoms with E-state index < -0.39 is 0 Å². The normalized spacial score (nSPS) is 15.0. The van der Waals surface area contributed by atoms with Crippen molar-refractivity contribution < 1.29 is 0 Å². The van der Waals surface area contributed by atoms with Gasteiger partial charge in [-0.2, -0.15) is 0 Å². The third-order valence-corrected chi connectivity index (χ3v) is 1.36. The SMILES string of the molecule is CCCC=C1C=CC=C1. The van der Waals surface area contributed by atoms with Crippen LogP contribution in [0.4, 0.5) is 0 Å². The van der Waals surface area contributed by atoms with Gasteiger partial charge in [-0.05, 0) is 12.0 Å². The zero-order chi connectivity index (χ0) is 6.53. The fourth-order valence-corrected chi connectivity index (χ4v) is 0.836. The first-order valence-corrected chi connectivity index (χ1v) is 3.48. The van der Waals surface area contributed by atoms with Crippen LogP contribution in [0.3, 0.4) is 0 Å². The van der Waals surface area contributed by atoms with Gasteiger partial charge in [0.05, 0.1) is 0 Å². The van der Waals surface area contributed by atoms with Crippen molar-refractivity contribution in [3.05, 3.63) is 36.0 Å². The molecule has 0 aliphatic heterocycles. The highest BCUT2D eigenvalue weighted by molar-refractivity contribution is 5.39. The van der Waals surface area contributed by atoms with E-state index >= 15 is 0 Å². The lowest BCUT2D eigenvalue weighted by molar-refractivity contribution is 0.955. The Morgan fingerprint density at radius 1 is 1.33 bits per heavy atom. The molecule has 0 saturated carbocycles. The topological polar surface area (TPSA) is 0 Å². The number of allylic oxidation sites excluding steroid dienone is 6. The Bertz CT molecular complexity index is 145. The molecule has 0 bridgehead atoms. The van der Waals surface area contributed by atoms with Crippen LogP contribution in [0.2, 0.25) is 0 Å². The minimum Gasteiger partial charge on any atom is -0.0773 e. The van der Waals surface area contributed by atoms with Crippen molar-refractivity contribution in [1.29, 1.82) is 0 Å². The summed E-state index contributed by atoms with van der Waals surface area (Å²) in [6, 6.07) is 0. The van der Waals surface area contributed by atoms with Crippen molar-refractivity contribution in [2.45, 2.75) is 19.8 Å². The molecule has 0 nitrogen and oxygen atoms in total. The molecule has 0 heteroatoms. The van der Waals surface area contributed by atoms with Gasteiger partial charge < -0.3 is 0 Å². The van der Waals surface area contributed by atoms with Crippen LogP contribution in [0.5, 0.6) is 0 Å². The monoisotopic (exact) mass is 120 g/mol. The van der Waals surface area contributed by atoms with Gasteiger partial charge in [0.15, 0.2) is 0 Å². The van der Waals surface area contributed by atoms with Crippen LogP contribution in [0, 0.1) is 0 Å². The minimum absolute atomic E-state index is 1.20. The molecule has 0 radical (unpaired) electrons. The number of rotatable bonds is 2. The molecular formula is C9H12. The van der Waals surface area contributed by atoms with Gasteiger partial charge in [-0.25, -0.2) is 0 Å². The maximum Gasteiger partial charge on any atom is -0.0297 e. The van der Waals surface area contributed by atoms with E-state index in [0.717, 1.165) is 0 Å². The van der Waals surface area contributed by atoms with Gasteiger partial charge in [0.25, 0.3) is 0 Å². The van der Waals surface area contributed by atoms with E-state index in [0.29, 0.717) is 0 Å². The van der Waals surface area contributed by atoms with E-state index in [-0.39, 0.29) is 0 Å². The Balaban J connectivity index is 2.42. The van der Waals surface area contributed by atoms with Gasteiger partial charge in [0.1, 0.15) is 0 Å². The second-order valence-electron chi connectivity index (χ2n) is 2.21. The highest BCUT2D eigenvalue weighted by Gasteiger charge is 1.87. The average molecular weight is 120 g/mol. The molecule has 48 valence electrons. The summed E-state index contributed by atoms with van der Waals surface area (Å²) in [5, 5.41) is 0. The second-order valence-corrected chi connectivity index (χ2v) is 2.21. The lowest BCUT2D eigenvalue weighted by Crippen LogP contribution is -1.66. The first kappa shape index (κ1) is 6.34. The molecule has 0 N–H and O–H groups in total. The van der Waals surface area contributed by atoms with E-state index in [1.807, 2.05) is 0 Å². The predicted octanol–water partition coefficient (Wildman–Crippen LogP) is 2.84. The average Bonchev–Trinajstić information content (AvgIpc) is 2.34. The lowest BCUT2D eigenvalue weighted by Gasteiger charge is -1.86. The zero-order valence-corrected chi connectivity index (χ0v) is 5.80. The molecule has 0 heterocycles. The van der Waals surface area contributed by atoms with Crippen LogP contribution in [0.25, 0.3) is 0 Å². The van der Waals surface area contributed by atoms with Crippen molar-refractivity contribution in [2.24, 2.45) is 0 Å². The van der Waals surface area contributed by atoms with Gasteiger partial charge in [-0.15, -0.1) is 0 Å². The zero-order valence-electron chi connectivity index (χ0n) is 5.80. The van der Waals surface area contributed by atoms with E-state index in [1.54, 1.807) is 0 Å². The Hall–Kier alpha value is -0.780. The van der Waals surface area contributed by atoms with E-state index in [1.165, 1.54) is 18.4 Å². The molecule has 0 atom stereocenters. The highest BCUT2D eigenvalue weighted by atomic mass is 13.9. The summed E-state index contributed by atoms with van der Waals surface area (Å²) in [7, 11) is 0. The van der Waals surface area contributed by atoms with Crippen LogP contribution in [0.1, 0.15) is 19.8 Å². The molecule has 0 amide bonds. The molecule has 0 aromatic carbocycles. The van der Waals surface area contributed by atoms with Gasteiger partial charge in [0, 0.05) is 0 Å². The summed E-state index contributed by atoms with van der Waals surface area (Å²) in [4.78, 5) is 0. The molecule has 9 heavy (non-hydrogen) atoms. The molecular weight excluding hydrogens is 108 g/mol. The van der Waals surface area contributed by atoms with Crippen LogP contribution in [-0.2, 0) is 0 Å².